The van der Waals surface area contributed by atoms with Gasteiger partial charge in [0.25, 0.3) is 0 Å². The molecule has 11 nitrogen and oxygen atoms in total. The molecule has 1 saturated heterocycles. The smallest absolute Gasteiger partial charge is 0.339 e. The molecule has 0 aliphatic carbocycles. The number of anilines is 1. The number of nitrogens with zero attached hydrogens (tertiary/aromatic N) is 1. The Hall–Kier alpha value is -4.06. The van der Waals surface area contributed by atoms with E-state index < -0.39 is 58.2 Å². The Balaban J connectivity index is 2.34. The van der Waals surface area contributed by atoms with Gasteiger partial charge in [0.05, 0.1) is 6.04 Å². The summed E-state index contributed by atoms with van der Waals surface area (Å²) in [5, 5.41) is 20.2. The Labute approximate surface area is 223 Å². The average molecular weight is 544 g/mol. The van der Waals surface area contributed by atoms with Crippen LogP contribution in [0.4, 0.5) is 10.5 Å². The van der Waals surface area contributed by atoms with E-state index in [1.807, 2.05) is 0 Å². The van der Waals surface area contributed by atoms with E-state index in [-0.39, 0.29) is 11.3 Å². The number of nitrogens with two attached hydrogens (primary N) is 1. The fourth-order valence-electron chi connectivity index (χ4n) is 4.43. The van der Waals surface area contributed by atoms with Gasteiger partial charge in [0, 0.05) is 17.7 Å². The molecule has 1 aliphatic rings. The second-order valence-electron chi connectivity index (χ2n) is 9.63. The van der Waals surface area contributed by atoms with Gasteiger partial charge in [0.15, 0.2) is 10.9 Å². The number of thioether (sulfide) groups is 1. The molecule has 12 heteroatoms. The molecule has 0 spiro atoms. The van der Waals surface area contributed by atoms with Crippen LogP contribution in [0, 0.1) is 0 Å². The molecule has 3 rings (SSSR count). The Morgan fingerprint density at radius 1 is 1.05 bits per heavy atom. The highest BCUT2D eigenvalue weighted by molar-refractivity contribution is 8.02. The Kier molecular flexibility index (Phi) is 8.35. The maximum absolute atomic E-state index is 13.4. The average Bonchev–Trinajstić information content (AvgIpc) is 3.24. The summed E-state index contributed by atoms with van der Waals surface area (Å²) in [6.07, 6.45) is -0.349. The van der Waals surface area contributed by atoms with Gasteiger partial charge in [-0.1, -0.05) is 48.5 Å². The number of hydrogen-bond donors (Lipinski definition) is 4. The van der Waals surface area contributed by atoms with Crippen molar-refractivity contribution in [2.45, 2.75) is 55.0 Å². The van der Waals surface area contributed by atoms with Crippen LogP contribution in [0.3, 0.4) is 0 Å². The first-order valence-corrected chi connectivity index (χ1v) is 12.5. The molecule has 2 aromatic carbocycles. The molecule has 38 heavy (non-hydrogen) atoms. The van der Waals surface area contributed by atoms with Gasteiger partial charge in [-0.15, -0.1) is 11.8 Å². The van der Waals surface area contributed by atoms with Crippen molar-refractivity contribution in [3.05, 3.63) is 65.7 Å². The van der Waals surface area contributed by atoms with Crippen LogP contribution in [-0.4, -0.2) is 56.7 Å². The van der Waals surface area contributed by atoms with Crippen LogP contribution in [0.1, 0.15) is 44.4 Å². The number of para-hydroxylation sites is 1. The lowest BCUT2D eigenvalue weighted by molar-refractivity contribution is -0.154. The summed E-state index contributed by atoms with van der Waals surface area (Å²) in [5.74, 6) is -3.49. The minimum atomic E-state index is -2.30. The number of rotatable bonds is 9. The highest BCUT2D eigenvalue weighted by atomic mass is 32.2. The van der Waals surface area contributed by atoms with Gasteiger partial charge in [-0.3, -0.25) is 4.79 Å². The van der Waals surface area contributed by atoms with Crippen LogP contribution < -0.4 is 16.0 Å². The van der Waals surface area contributed by atoms with Crippen LogP contribution >= 0.6 is 11.8 Å². The monoisotopic (exact) mass is 543 g/mol. The zero-order valence-electron chi connectivity index (χ0n) is 21.0. The Bertz CT molecular complexity index is 1230. The molecule has 5 N–H and O–H groups in total. The highest BCUT2D eigenvalue weighted by Gasteiger charge is 2.53. The number of ether oxygens (including phenoxy) is 1. The van der Waals surface area contributed by atoms with Crippen LogP contribution in [0.2, 0.25) is 0 Å². The van der Waals surface area contributed by atoms with Crippen LogP contribution in [0.25, 0.3) is 0 Å². The fourth-order valence-corrected chi connectivity index (χ4v) is 5.79. The second-order valence-corrected chi connectivity index (χ2v) is 10.9. The van der Waals surface area contributed by atoms with E-state index in [1.165, 1.54) is 23.1 Å². The standard InChI is InChI=1S/C26H29N3O8S/c1-25(2,3)37-22(33)20-29(18(19(38-20)21(31)32)15-9-5-4-6-10-15)17-12-8-7-11-16(17)26(13-14-30,23(34)35)28-24(27)36/h4-12,14,18-20H,13H2,1-3H3,(H,31,32)(H,34,35)(H3,27,28,36)/t18-,19+,20-,26?/m0/s1. The third-order valence-electron chi connectivity index (χ3n) is 5.84. The minimum absolute atomic E-state index is 0.0560. The lowest BCUT2D eigenvalue weighted by Crippen LogP contribution is -2.55. The van der Waals surface area contributed by atoms with Crippen molar-refractivity contribution in [1.82, 2.24) is 5.32 Å². The summed E-state index contributed by atoms with van der Waals surface area (Å²) in [6, 6.07) is 12.4. The largest absolute Gasteiger partial charge is 0.480 e. The molecule has 202 valence electrons. The lowest BCUT2D eigenvalue weighted by Gasteiger charge is -2.38. The number of primary amides is 1. The molecule has 2 amide bonds. The second kappa shape index (κ2) is 11.1. The number of esters is 1. The number of aliphatic carboxylic acids is 2. The van der Waals surface area contributed by atoms with Crippen molar-refractivity contribution in [1.29, 1.82) is 0 Å². The number of amides is 2. The maximum Gasteiger partial charge on any atom is 0.339 e. The Morgan fingerprint density at radius 3 is 2.18 bits per heavy atom. The number of benzene rings is 2. The van der Waals surface area contributed by atoms with Gasteiger partial charge in [0.1, 0.15) is 17.1 Å². The van der Waals surface area contributed by atoms with Gasteiger partial charge < -0.3 is 35.7 Å². The van der Waals surface area contributed by atoms with Crippen molar-refractivity contribution >= 4 is 47.7 Å². The van der Waals surface area contributed by atoms with Gasteiger partial charge in [-0.05, 0) is 32.4 Å². The van der Waals surface area contributed by atoms with Gasteiger partial charge in [-0.25, -0.2) is 14.4 Å². The number of carbonyl (C=O) groups excluding carboxylic acids is 3. The van der Waals surface area contributed by atoms with Crippen LogP contribution in [0.5, 0.6) is 0 Å². The number of carboxylic acid groups (broad SMARTS) is 2. The van der Waals surface area contributed by atoms with Crippen molar-refractivity contribution in [3.8, 4) is 0 Å². The van der Waals surface area contributed by atoms with Gasteiger partial charge in [-0.2, -0.15) is 0 Å². The molecule has 4 atom stereocenters. The van der Waals surface area contributed by atoms with Crippen molar-refractivity contribution in [3.63, 3.8) is 0 Å². The molecule has 1 unspecified atom stereocenters. The fraction of sp³-hybridized carbons (Fsp3) is 0.346. The molecular weight excluding hydrogens is 514 g/mol. The number of hydrogen-bond acceptors (Lipinski definition) is 8. The number of carbonyl (C=O) groups is 5. The number of carboxylic acids is 2. The molecule has 2 aromatic rings. The molecule has 0 saturated carbocycles. The van der Waals surface area contributed by atoms with Gasteiger partial charge >= 0.3 is 23.9 Å². The number of nitrogens with one attached hydrogen (secondary N) is 1. The van der Waals surface area contributed by atoms with E-state index in [2.05, 4.69) is 5.32 Å². The highest BCUT2D eigenvalue weighted by Crippen LogP contribution is 2.50. The minimum Gasteiger partial charge on any atom is -0.480 e. The van der Waals surface area contributed by atoms with Gasteiger partial charge in [0.2, 0.25) is 0 Å². The van der Waals surface area contributed by atoms with E-state index in [1.54, 1.807) is 57.2 Å². The summed E-state index contributed by atoms with van der Waals surface area (Å²) in [6.45, 7) is 5.01. The molecule has 0 radical (unpaired) electrons. The van der Waals surface area contributed by atoms with E-state index in [4.69, 9.17) is 10.5 Å². The quantitative estimate of drug-likeness (QED) is 0.272. The summed E-state index contributed by atoms with van der Waals surface area (Å²) >= 11 is 0.851. The SMILES string of the molecule is CC(C)(C)OC(=O)[C@@H]1S[C@@H](C(=O)O)[C@H](c2ccccc2)N1c1ccccc1C(CC=O)(NC(N)=O)C(=O)O. The number of urea groups is 1. The van der Waals surface area contributed by atoms with Crippen LogP contribution in [0.15, 0.2) is 54.6 Å². The van der Waals surface area contributed by atoms with Crippen molar-refractivity contribution in [2.75, 3.05) is 4.90 Å². The zero-order chi connectivity index (χ0) is 28.3. The predicted octanol–water partition coefficient (Wildman–Crippen LogP) is 2.64. The Morgan fingerprint density at radius 2 is 1.66 bits per heavy atom. The topological polar surface area (TPSA) is 176 Å². The first-order chi connectivity index (χ1) is 17.8. The van der Waals surface area contributed by atoms with E-state index >= 15 is 0 Å². The van der Waals surface area contributed by atoms with Crippen molar-refractivity contribution in [2.24, 2.45) is 5.73 Å². The first kappa shape index (κ1) is 28.5. The third-order valence-corrected chi connectivity index (χ3v) is 7.27. The molecular formula is C26H29N3O8S. The summed E-state index contributed by atoms with van der Waals surface area (Å²) in [4.78, 5) is 63.5. The lowest BCUT2D eigenvalue weighted by atomic mass is 9.84. The molecule has 1 aliphatic heterocycles. The molecule has 0 bridgehead atoms. The molecule has 0 aromatic heterocycles. The maximum atomic E-state index is 13.4. The van der Waals surface area contributed by atoms with E-state index in [0.29, 0.717) is 11.8 Å². The van der Waals surface area contributed by atoms with Crippen molar-refractivity contribution < 1.29 is 38.9 Å². The zero-order valence-corrected chi connectivity index (χ0v) is 21.8. The third kappa shape index (κ3) is 5.75. The first-order valence-electron chi connectivity index (χ1n) is 11.6. The summed E-state index contributed by atoms with van der Waals surface area (Å²) in [7, 11) is 0. The predicted molar refractivity (Wildman–Crippen MR) is 139 cm³/mol. The van der Waals surface area contributed by atoms with E-state index in [9.17, 15) is 34.2 Å². The summed E-state index contributed by atoms with van der Waals surface area (Å²) in [5.41, 5.74) is 2.73. The van der Waals surface area contributed by atoms with E-state index in [0.717, 1.165) is 11.8 Å². The number of aldehydes is 1. The normalized spacial score (nSPS) is 20.7. The molecule has 1 heterocycles. The summed E-state index contributed by atoms with van der Waals surface area (Å²) < 4.78 is 5.61. The molecule has 1 fully saturated rings. The van der Waals surface area contributed by atoms with Crippen LogP contribution in [-0.2, 0) is 29.5 Å².